The van der Waals surface area contributed by atoms with Crippen molar-refractivity contribution in [3.8, 4) is 0 Å². The lowest BCUT2D eigenvalue weighted by Gasteiger charge is -2.20. The molecule has 0 spiro atoms. The first kappa shape index (κ1) is 10.9. The van der Waals surface area contributed by atoms with Gasteiger partial charge in [-0.25, -0.2) is 0 Å². The number of hydrogen-bond acceptors (Lipinski definition) is 1. The molecule has 2 atom stereocenters. The molecule has 0 aromatic heterocycles. The van der Waals surface area contributed by atoms with E-state index in [4.69, 9.17) is 23.2 Å². The van der Waals surface area contributed by atoms with E-state index in [0.717, 1.165) is 0 Å². The van der Waals surface area contributed by atoms with Crippen molar-refractivity contribution in [1.82, 2.24) is 0 Å². The summed E-state index contributed by atoms with van der Waals surface area (Å²) < 4.78 is 29.0. The number of rotatable bonds is 4. The van der Waals surface area contributed by atoms with Crippen molar-refractivity contribution < 1.29 is 13.5 Å². The predicted octanol–water partition coefficient (Wildman–Crippen LogP) is 3.10. The van der Waals surface area contributed by atoms with Gasteiger partial charge in [0.05, 0.1) is 0 Å². The lowest BCUT2D eigenvalue weighted by atomic mass is 10.6. The Morgan fingerprint density at radius 3 is 1.55 bits per heavy atom. The van der Waals surface area contributed by atoms with Gasteiger partial charge in [0, 0.05) is 0 Å². The number of hydrogen-bond donors (Lipinski definition) is 0. The number of ether oxygens (including phenoxy) is 1. The highest BCUT2D eigenvalue weighted by molar-refractivity contribution is 6.25. The normalized spacial score (nSPS) is 21.5. The lowest BCUT2D eigenvalue weighted by molar-refractivity contribution is -0.143. The summed E-state index contributed by atoms with van der Waals surface area (Å²) in [5, 5.41) is -5.63. The first-order valence-corrected chi connectivity index (χ1v) is 3.31. The summed E-state index contributed by atoms with van der Waals surface area (Å²) in [6, 6.07) is 0. The molecule has 2 unspecified atom stereocenters. The Morgan fingerprint density at radius 2 is 1.36 bits per heavy atom. The molecule has 0 fully saturated rings. The van der Waals surface area contributed by atoms with Crippen LogP contribution in [0.25, 0.3) is 0 Å². The zero-order valence-corrected chi connectivity index (χ0v) is 7.00. The average molecular weight is 203 g/mol. The second kappa shape index (κ2) is 3.52. The van der Waals surface area contributed by atoms with Crippen LogP contribution in [0.15, 0.2) is 25.3 Å². The molecule has 0 saturated heterocycles. The lowest BCUT2D eigenvalue weighted by Crippen LogP contribution is -2.27. The minimum Gasteiger partial charge on any atom is -0.276 e. The van der Waals surface area contributed by atoms with Crippen LogP contribution in [0.4, 0.5) is 8.78 Å². The maximum atomic E-state index is 12.6. The largest absolute Gasteiger partial charge is 0.309 e. The van der Waals surface area contributed by atoms with E-state index in [9.17, 15) is 8.78 Å². The molecule has 0 aliphatic heterocycles. The smallest absolute Gasteiger partial charge is 0.276 e. The van der Waals surface area contributed by atoms with Crippen LogP contribution < -0.4 is 0 Å². The average Bonchev–Trinajstić information content (AvgIpc) is 1.86. The molecule has 11 heavy (non-hydrogen) atoms. The van der Waals surface area contributed by atoms with Crippen molar-refractivity contribution in [2.45, 2.75) is 10.6 Å². The summed E-state index contributed by atoms with van der Waals surface area (Å²) in [6.07, 6.45) is 1.13. The summed E-state index contributed by atoms with van der Waals surface area (Å²) in [5.41, 5.74) is 0. The van der Waals surface area contributed by atoms with Gasteiger partial charge in [0.15, 0.2) is 0 Å². The van der Waals surface area contributed by atoms with Crippen LogP contribution in [-0.2, 0) is 4.74 Å². The molecular weight excluding hydrogens is 197 g/mol. The van der Waals surface area contributed by atoms with E-state index >= 15 is 0 Å². The molecule has 0 radical (unpaired) electrons. The minimum atomic E-state index is -2.81. The summed E-state index contributed by atoms with van der Waals surface area (Å²) in [6.45, 7) is 5.92. The molecule has 0 aromatic carbocycles. The standard InChI is InChI=1S/C6H6Cl2F2O/c1-3-5(7,9)11-6(8,10)4-2/h3-4H,1-2H2. The zero-order chi connectivity index (χ0) is 9.12. The minimum absolute atomic E-state index is 0.564. The molecule has 0 N–H and O–H groups in total. The van der Waals surface area contributed by atoms with Crippen LogP contribution in [-0.4, -0.2) is 10.6 Å². The SMILES string of the molecule is C=CC(F)(Cl)OC(F)(Cl)C=C. The second-order valence-electron chi connectivity index (χ2n) is 1.63. The van der Waals surface area contributed by atoms with Crippen molar-refractivity contribution in [1.29, 1.82) is 0 Å². The maximum absolute atomic E-state index is 12.6. The second-order valence-corrected chi connectivity index (χ2v) is 2.66. The van der Waals surface area contributed by atoms with E-state index in [0.29, 0.717) is 12.2 Å². The molecule has 5 heteroatoms. The van der Waals surface area contributed by atoms with Gasteiger partial charge in [-0.05, 0) is 35.4 Å². The van der Waals surface area contributed by atoms with Gasteiger partial charge in [0.1, 0.15) is 0 Å². The van der Waals surface area contributed by atoms with Crippen molar-refractivity contribution in [3.63, 3.8) is 0 Å². The Morgan fingerprint density at radius 1 is 1.09 bits per heavy atom. The van der Waals surface area contributed by atoms with Crippen LogP contribution in [0, 0.1) is 0 Å². The van der Waals surface area contributed by atoms with Gasteiger partial charge < -0.3 is 0 Å². The van der Waals surface area contributed by atoms with E-state index in [-0.39, 0.29) is 0 Å². The van der Waals surface area contributed by atoms with E-state index < -0.39 is 10.6 Å². The first-order valence-electron chi connectivity index (χ1n) is 2.56. The molecule has 64 valence electrons. The zero-order valence-electron chi connectivity index (χ0n) is 5.49. The Hall–Kier alpha value is -0.120. The van der Waals surface area contributed by atoms with E-state index in [1.54, 1.807) is 0 Å². The fourth-order valence-corrected chi connectivity index (χ4v) is 0.529. The molecule has 1 nitrogen and oxygen atoms in total. The van der Waals surface area contributed by atoms with Crippen LogP contribution in [0.3, 0.4) is 0 Å². The van der Waals surface area contributed by atoms with Gasteiger partial charge in [-0.1, -0.05) is 13.2 Å². The molecule has 0 bridgehead atoms. The third-order valence-electron chi connectivity index (χ3n) is 0.747. The molecule has 0 amide bonds. The maximum Gasteiger partial charge on any atom is 0.309 e. The van der Waals surface area contributed by atoms with Crippen molar-refractivity contribution in [2.75, 3.05) is 0 Å². The first-order chi connectivity index (χ1) is 4.83. The van der Waals surface area contributed by atoms with E-state index in [1.165, 1.54) is 0 Å². The monoisotopic (exact) mass is 202 g/mol. The summed E-state index contributed by atoms with van der Waals surface area (Å²) in [5.74, 6) is 0. The number of halogens is 4. The van der Waals surface area contributed by atoms with Crippen molar-refractivity contribution in [2.24, 2.45) is 0 Å². The molecular formula is C6H6Cl2F2O. The van der Waals surface area contributed by atoms with Gasteiger partial charge in [-0.3, -0.25) is 4.74 Å². The summed E-state index contributed by atoms with van der Waals surface area (Å²) in [4.78, 5) is 0. The predicted molar refractivity (Wildman–Crippen MR) is 40.9 cm³/mol. The fourth-order valence-electron chi connectivity index (χ4n) is 0.265. The number of alkyl halides is 4. The summed E-state index contributed by atoms with van der Waals surface area (Å²) >= 11 is 9.81. The highest BCUT2D eigenvalue weighted by atomic mass is 35.5. The van der Waals surface area contributed by atoms with Crippen molar-refractivity contribution in [3.05, 3.63) is 25.3 Å². The van der Waals surface area contributed by atoms with E-state index in [1.807, 2.05) is 0 Å². The van der Waals surface area contributed by atoms with E-state index in [2.05, 4.69) is 17.9 Å². The van der Waals surface area contributed by atoms with Gasteiger partial charge in [0.2, 0.25) is 0 Å². The highest BCUT2D eigenvalue weighted by Gasteiger charge is 2.35. The third kappa shape index (κ3) is 4.35. The molecule has 0 rings (SSSR count). The molecule has 0 aliphatic carbocycles. The van der Waals surface area contributed by atoms with Gasteiger partial charge >= 0.3 is 10.6 Å². The van der Waals surface area contributed by atoms with Gasteiger partial charge in [-0.2, -0.15) is 8.78 Å². The Labute approximate surface area is 73.2 Å². The Kier molecular flexibility index (Phi) is 3.48. The van der Waals surface area contributed by atoms with Gasteiger partial charge in [0.25, 0.3) is 0 Å². The third-order valence-corrected chi connectivity index (χ3v) is 1.21. The summed E-state index contributed by atoms with van der Waals surface area (Å²) in [7, 11) is 0. The van der Waals surface area contributed by atoms with Crippen LogP contribution in [0.5, 0.6) is 0 Å². The van der Waals surface area contributed by atoms with Crippen LogP contribution in [0.2, 0.25) is 0 Å². The van der Waals surface area contributed by atoms with Crippen molar-refractivity contribution >= 4 is 23.2 Å². The molecule has 0 aliphatic rings. The van der Waals surface area contributed by atoms with Gasteiger partial charge in [-0.15, -0.1) is 0 Å². The topological polar surface area (TPSA) is 9.23 Å². The van der Waals surface area contributed by atoms with Crippen LogP contribution >= 0.6 is 23.2 Å². The Balaban J connectivity index is 4.23. The fraction of sp³-hybridized carbons (Fsp3) is 0.333. The molecule has 0 saturated carbocycles. The Bertz CT molecular complexity index is 150. The highest BCUT2D eigenvalue weighted by Crippen LogP contribution is 2.31. The molecule has 0 aromatic rings. The molecule has 0 heterocycles. The quantitative estimate of drug-likeness (QED) is 0.503. The van der Waals surface area contributed by atoms with Crippen LogP contribution in [0.1, 0.15) is 0 Å².